The number of amides is 1. The quantitative estimate of drug-likeness (QED) is 0.770. The topological polar surface area (TPSA) is 84.3 Å². The van der Waals surface area contributed by atoms with E-state index in [1.165, 1.54) is 21.4 Å². The van der Waals surface area contributed by atoms with Crippen molar-refractivity contribution in [1.82, 2.24) is 19.4 Å². The number of nitrogens with one attached hydrogen (secondary N) is 1. The van der Waals surface area contributed by atoms with Crippen LogP contribution >= 0.6 is 15.9 Å². The monoisotopic (exact) mass is 440 g/mol. The largest absolute Gasteiger partial charge is 0.355 e. The van der Waals surface area contributed by atoms with E-state index >= 15 is 0 Å². The molecule has 7 nitrogen and oxygen atoms in total. The Kier molecular flexibility index (Phi) is 5.79. The maximum absolute atomic E-state index is 13.3. The van der Waals surface area contributed by atoms with Crippen molar-refractivity contribution < 1.29 is 13.2 Å². The number of rotatable bonds is 5. The van der Waals surface area contributed by atoms with E-state index in [-0.39, 0.29) is 17.3 Å². The van der Waals surface area contributed by atoms with Crippen LogP contribution in [0.4, 0.5) is 0 Å². The summed E-state index contributed by atoms with van der Waals surface area (Å²) in [5.74, 6) is -0.243. The molecule has 3 rings (SSSR count). The van der Waals surface area contributed by atoms with Crippen LogP contribution in [-0.4, -0.2) is 41.0 Å². The van der Waals surface area contributed by atoms with E-state index < -0.39 is 16.1 Å². The van der Waals surface area contributed by atoms with Gasteiger partial charge >= 0.3 is 0 Å². The molecule has 1 saturated heterocycles. The summed E-state index contributed by atoms with van der Waals surface area (Å²) in [6.07, 6.45) is 4.92. The van der Waals surface area contributed by atoms with Crippen molar-refractivity contribution in [3.8, 4) is 0 Å². The molecule has 0 spiro atoms. The van der Waals surface area contributed by atoms with E-state index in [1.54, 1.807) is 7.05 Å². The molecule has 1 aromatic heterocycles. The lowest BCUT2D eigenvalue weighted by Crippen LogP contribution is -2.48. The first-order chi connectivity index (χ1) is 12.4. The second-order valence-electron chi connectivity index (χ2n) is 6.33. The molecular weight excluding hydrogens is 420 g/mol. The number of halogens is 1. The molecule has 9 heteroatoms. The Hall–Kier alpha value is -1.71. The highest BCUT2D eigenvalue weighted by Gasteiger charge is 2.37. The average Bonchev–Trinajstić information content (AvgIpc) is 2.94. The smallest absolute Gasteiger partial charge is 0.247 e. The molecule has 26 heavy (non-hydrogen) atoms. The molecule has 0 bridgehead atoms. The number of aryl methyl sites for hydroxylation is 1. The van der Waals surface area contributed by atoms with Crippen LogP contribution in [0.2, 0.25) is 0 Å². The Labute approximate surface area is 161 Å². The van der Waals surface area contributed by atoms with E-state index in [0.717, 1.165) is 22.9 Å². The Morgan fingerprint density at radius 2 is 2.04 bits per heavy atom. The molecule has 1 aliphatic heterocycles. The van der Waals surface area contributed by atoms with Crippen LogP contribution in [0, 0.1) is 0 Å². The van der Waals surface area contributed by atoms with Gasteiger partial charge in [0.05, 0.1) is 6.20 Å². The first-order valence-corrected chi connectivity index (χ1v) is 10.6. The highest BCUT2D eigenvalue weighted by atomic mass is 79.9. The number of carbonyl (C=O) groups is 1. The molecule has 1 N–H and O–H groups in total. The Balaban J connectivity index is 2.00. The molecule has 1 amide bonds. The lowest BCUT2D eigenvalue weighted by molar-refractivity contribution is -0.124. The van der Waals surface area contributed by atoms with E-state index in [1.807, 2.05) is 24.3 Å². The first kappa shape index (κ1) is 19.1. The molecule has 2 aromatic rings. The van der Waals surface area contributed by atoms with Crippen molar-refractivity contribution in [2.45, 2.75) is 36.7 Å². The fourth-order valence-electron chi connectivity index (χ4n) is 3.00. The third-order valence-electron chi connectivity index (χ3n) is 4.39. The fraction of sp³-hybridized carbons (Fsp3) is 0.412. The minimum atomic E-state index is -3.86. The summed E-state index contributed by atoms with van der Waals surface area (Å²) in [5, 5.41) is 6.80. The number of carbonyl (C=O) groups excluding carboxylic acids is 1. The molecule has 2 heterocycles. The molecule has 0 aliphatic carbocycles. The van der Waals surface area contributed by atoms with Crippen LogP contribution in [0.1, 0.15) is 24.8 Å². The van der Waals surface area contributed by atoms with Crippen LogP contribution in [0.3, 0.4) is 0 Å². The number of hydrogen-bond acceptors (Lipinski definition) is 4. The van der Waals surface area contributed by atoms with Gasteiger partial charge in [-0.25, -0.2) is 8.42 Å². The minimum Gasteiger partial charge on any atom is -0.355 e. The molecule has 1 fully saturated rings. The van der Waals surface area contributed by atoms with Crippen LogP contribution in [0.5, 0.6) is 0 Å². The normalized spacial score (nSPS) is 18.6. The Morgan fingerprint density at radius 3 is 2.69 bits per heavy atom. The summed E-state index contributed by atoms with van der Waals surface area (Å²) in [7, 11) is -2.20. The van der Waals surface area contributed by atoms with Gasteiger partial charge in [-0.3, -0.25) is 9.48 Å². The van der Waals surface area contributed by atoms with Crippen molar-refractivity contribution in [2.75, 3.05) is 6.54 Å². The summed E-state index contributed by atoms with van der Waals surface area (Å²) >= 11 is 3.38. The summed E-state index contributed by atoms with van der Waals surface area (Å²) in [4.78, 5) is 12.6. The van der Waals surface area contributed by atoms with Crippen LogP contribution in [0.25, 0.3) is 0 Å². The number of hydrogen-bond donors (Lipinski definition) is 1. The zero-order valence-corrected chi connectivity index (χ0v) is 16.8. The molecule has 0 unspecified atom stereocenters. The zero-order valence-electron chi connectivity index (χ0n) is 14.4. The number of sulfonamides is 1. The van der Waals surface area contributed by atoms with Crippen molar-refractivity contribution in [2.24, 2.45) is 7.05 Å². The van der Waals surface area contributed by atoms with Gasteiger partial charge in [-0.1, -0.05) is 28.1 Å². The lowest BCUT2D eigenvalue weighted by atomic mass is 10.1. The third kappa shape index (κ3) is 4.16. The maximum atomic E-state index is 13.3. The average molecular weight is 441 g/mol. The van der Waals surface area contributed by atoms with Crippen LogP contribution in [0.15, 0.2) is 46.0 Å². The molecule has 140 valence electrons. The lowest BCUT2D eigenvalue weighted by Gasteiger charge is -2.28. The molecule has 0 radical (unpaired) electrons. The number of benzene rings is 1. The highest BCUT2D eigenvalue weighted by molar-refractivity contribution is 9.10. The molecule has 1 aromatic carbocycles. The van der Waals surface area contributed by atoms with E-state index in [0.29, 0.717) is 13.0 Å². The van der Waals surface area contributed by atoms with Crippen LogP contribution in [-0.2, 0) is 28.4 Å². The minimum absolute atomic E-state index is 0.0918. The van der Waals surface area contributed by atoms with E-state index in [2.05, 4.69) is 26.3 Å². The maximum Gasteiger partial charge on any atom is 0.247 e. The standard InChI is InChI=1S/C17H21BrN4O3S/c1-21-12-15(10-20-21)26(24,25)22(11-13-5-7-14(18)8-6-13)16-4-2-3-9-19-17(16)23/h5-8,10,12,16H,2-4,9,11H2,1H3,(H,19,23)/t16-/m1/s1. The van der Waals surface area contributed by atoms with Gasteiger partial charge in [0.1, 0.15) is 10.9 Å². The predicted octanol–water partition coefficient (Wildman–Crippen LogP) is 2.04. The summed E-state index contributed by atoms with van der Waals surface area (Å²) in [6, 6.07) is 6.69. The highest BCUT2D eigenvalue weighted by Crippen LogP contribution is 2.25. The predicted molar refractivity (Wildman–Crippen MR) is 101 cm³/mol. The number of aromatic nitrogens is 2. The summed E-state index contributed by atoms with van der Waals surface area (Å²) < 4.78 is 30.2. The SMILES string of the molecule is Cn1cc(S(=O)(=O)N(Cc2ccc(Br)cc2)[C@@H]2CCCCNC2=O)cn1. The van der Waals surface area contributed by atoms with Gasteiger partial charge in [0.25, 0.3) is 0 Å². The van der Waals surface area contributed by atoms with Gasteiger partial charge in [0, 0.05) is 30.8 Å². The van der Waals surface area contributed by atoms with Crippen molar-refractivity contribution >= 4 is 31.9 Å². The van der Waals surface area contributed by atoms with Gasteiger partial charge in [-0.2, -0.15) is 9.40 Å². The van der Waals surface area contributed by atoms with Crippen molar-refractivity contribution in [3.63, 3.8) is 0 Å². The van der Waals surface area contributed by atoms with E-state index in [4.69, 9.17) is 0 Å². The zero-order chi connectivity index (χ0) is 18.7. The van der Waals surface area contributed by atoms with Crippen molar-refractivity contribution in [1.29, 1.82) is 0 Å². The van der Waals surface area contributed by atoms with Gasteiger partial charge in [0.15, 0.2) is 0 Å². The molecule has 1 aliphatic rings. The Bertz CT molecular complexity index is 880. The summed E-state index contributed by atoms with van der Waals surface area (Å²) in [5.41, 5.74) is 0.817. The fourth-order valence-corrected chi connectivity index (χ4v) is 4.85. The Morgan fingerprint density at radius 1 is 1.31 bits per heavy atom. The van der Waals surface area contributed by atoms with Gasteiger partial charge in [-0.05, 0) is 37.0 Å². The number of nitrogens with zero attached hydrogens (tertiary/aromatic N) is 3. The van der Waals surface area contributed by atoms with E-state index in [9.17, 15) is 13.2 Å². The second kappa shape index (κ2) is 7.89. The third-order valence-corrected chi connectivity index (χ3v) is 6.73. The second-order valence-corrected chi connectivity index (χ2v) is 9.14. The van der Waals surface area contributed by atoms with Gasteiger partial charge in [0.2, 0.25) is 15.9 Å². The van der Waals surface area contributed by atoms with Gasteiger partial charge < -0.3 is 5.32 Å². The van der Waals surface area contributed by atoms with Gasteiger partial charge in [-0.15, -0.1) is 0 Å². The van der Waals surface area contributed by atoms with Crippen molar-refractivity contribution in [3.05, 3.63) is 46.7 Å². The first-order valence-electron chi connectivity index (χ1n) is 8.40. The summed E-state index contributed by atoms with van der Waals surface area (Å²) in [6.45, 7) is 0.705. The van der Waals surface area contributed by atoms with Crippen LogP contribution < -0.4 is 5.32 Å². The molecular formula is C17H21BrN4O3S. The molecule has 1 atom stereocenters. The molecule has 0 saturated carbocycles.